The number of allylic oxidation sites excluding steroid dienone is 3. The van der Waals surface area contributed by atoms with E-state index in [-0.39, 0.29) is 23.5 Å². The van der Waals surface area contributed by atoms with Crippen LogP contribution in [-0.2, 0) is 4.79 Å². The fraction of sp³-hybridized carbons (Fsp3) is 0.419. The average Bonchev–Trinajstić information content (AvgIpc) is 3.34. The largest absolute Gasteiger partial charge is 0.294 e. The number of carbonyl (C=O) groups is 1. The van der Waals surface area contributed by atoms with Crippen LogP contribution in [-0.4, -0.2) is 5.78 Å². The molecule has 4 rings (SSSR count). The van der Waals surface area contributed by atoms with E-state index in [1.807, 2.05) is 76.2 Å². The molecule has 174 valence electrons. The predicted octanol–water partition coefficient (Wildman–Crippen LogP) is 8.39. The highest BCUT2D eigenvalue weighted by molar-refractivity contribution is 6.03. The fourth-order valence-electron chi connectivity index (χ4n) is 5.22. The molecule has 0 heterocycles. The van der Waals surface area contributed by atoms with Gasteiger partial charge in [-0.25, -0.2) is 0 Å². The first-order valence-corrected chi connectivity index (χ1v) is 12.5. The van der Waals surface area contributed by atoms with Gasteiger partial charge in [0.1, 0.15) is 0 Å². The van der Waals surface area contributed by atoms with Crippen molar-refractivity contribution in [1.82, 2.24) is 0 Å². The van der Waals surface area contributed by atoms with Crippen molar-refractivity contribution >= 4 is 5.78 Å². The molecule has 2 aliphatic carbocycles. The number of benzene rings is 2. The van der Waals surface area contributed by atoms with E-state index in [9.17, 15) is 10.1 Å². The number of hydrogen-bond donors (Lipinski definition) is 0. The summed E-state index contributed by atoms with van der Waals surface area (Å²) in [6, 6.07) is 22.7. The van der Waals surface area contributed by atoms with E-state index in [1.54, 1.807) is 0 Å². The molecular formula is C31H39NO. The van der Waals surface area contributed by atoms with Crippen LogP contribution in [0.1, 0.15) is 83.3 Å². The molecule has 2 aliphatic rings. The third kappa shape index (κ3) is 5.91. The highest BCUT2D eigenvalue weighted by Crippen LogP contribution is 2.47. The van der Waals surface area contributed by atoms with E-state index in [1.165, 1.54) is 5.57 Å². The number of nitrogens with zero attached hydrogens (tertiary/aromatic N) is 1. The van der Waals surface area contributed by atoms with E-state index in [4.69, 9.17) is 0 Å². The van der Waals surface area contributed by atoms with Crippen molar-refractivity contribution in [3.8, 4) is 6.07 Å². The topological polar surface area (TPSA) is 40.9 Å². The molecule has 1 fully saturated rings. The molecule has 2 bridgehead atoms. The molecule has 0 amide bonds. The second-order valence-corrected chi connectivity index (χ2v) is 8.47. The van der Waals surface area contributed by atoms with Gasteiger partial charge in [-0.05, 0) is 55.2 Å². The first-order chi connectivity index (χ1) is 16.1. The van der Waals surface area contributed by atoms with Gasteiger partial charge in [0.25, 0.3) is 0 Å². The molecule has 2 nitrogen and oxygen atoms in total. The summed E-state index contributed by atoms with van der Waals surface area (Å²) in [4.78, 5) is 13.1. The van der Waals surface area contributed by atoms with Crippen LogP contribution < -0.4 is 0 Å². The molecule has 33 heavy (non-hydrogen) atoms. The van der Waals surface area contributed by atoms with Gasteiger partial charge in [0.15, 0.2) is 5.78 Å². The van der Waals surface area contributed by atoms with Crippen molar-refractivity contribution in [2.24, 2.45) is 11.8 Å². The van der Waals surface area contributed by atoms with E-state index in [2.05, 4.69) is 31.7 Å². The molecule has 0 N–H and O–H groups in total. The number of ketones is 1. The molecule has 4 atom stereocenters. The van der Waals surface area contributed by atoms with Crippen LogP contribution in [0.3, 0.4) is 0 Å². The van der Waals surface area contributed by atoms with Gasteiger partial charge >= 0.3 is 0 Å². The second kappa shape index (κ2) is 12.9. The van der Waals surface area contributed by atoms with Crippen molar-refractivity contribution in [2.45, 2.75) is 72.1 Å². The maximum Gasteiger partial charge on any atom is 0.166 e. The van der Waals surface area contributed by atoms with Crippen LogP contribution in [0.15, 0.2) is 84.0 Å². The Labute approximate surface area is 201 Å². The van der Waals surface area contributed by atoms with Gasteiger partial charge in [0.05, 0.1) is 12.0 Å². The summed E-state index contributed by atoms with van der Waals surface area (Å²) in [6.45, 7) is 14.5. The Kier molecular flexibility index (Phi) is 10.3. The summed E-state index contributed by atoms with van der Waals surface area (Å²) < 4.78 is 0. The predicted molar refractivity (Wildman–Crippen MR) is 139 cm³/mol. The number of Topliss-reactive ketones (excluding diaryl/α,β-unsaturated/α-hetero) is 1. The highest BCUT2D eigenvalue weighted by atomic mass is 16.1. The Balaban J connectivity index is 0.000000914. The van der Waals surface area contributed by atoms with Crippen molar-refractivity contribution in [3.63, 3.8) is 0 Å². The Morgan fingerprint density at radius 2 is 1.45 bits per heavy atom. The molecule has 2 heteroatoms. The normalized spacial score (nSPS) is 20.4. The third-order valence-electron chi connectivity index (χ3n) is 6.80. The van der Waals surface area contributed by atoms with Gasteiger partial charge < -0.3 is 0 Å². The van der Waals surface area contributed by atoms with E-state index < -0.39 is 0 Å². The molecule has 1 saturated carbocycles. The number of rotatable bonds is 6. The van der Waals surface area contributed by atoms with E-state index >= 15 is 0 Å². The number of hydrogen-bond acceptors (Lipinski definition) is 2. The summed E-state index contributed by atoms with van der Waals surface area (Å²) >= 11 is 0. The molecule has 0 radical (unpaired) electrons. The number of fused-ring (bicyclic) bond motifs is 2. The number of carbonyl (C=O) groups excluding carboxylic acids is 1. The zero-order chi connectivity index (χ0) is 24.4. The average molecular weight is 442 g/mol. The lowest BCUT2D eigenvalue weighted by molar-refractivity contribution is -0.119. The Hall–Kier alpha value is -2.92. The molecular weight excluding hydrogens is 402 g/mol. The standard InChI is InChI=1S/C27H27NO.2C2H6/c1-18(26-19(2)22-13-14-23(16-22)27(26)29)15-24(20-9-5-3-6-10-20)25(17-28)21-11-7-4-8-12-21;2*1-2/h3-12,22-25H,1,13-16H2,2H3;2*1-2H3. The molecule has 0 aromatic heterocycles. The van der Waals surface area contributed by atoms with Gasteiger partial charge in [0, 0.05) is 17.4 Å². The third-order valence-corrected chi connectivity index (χ3v) is 6.80. The van der Waals surface area contributed by atoms with Crippen LogP contribution in [0.25, 0.3) is 0 Å². The lowest BCUT2D eigenvalue weighted by Gasteiger charge is -2.28. The van der Waals surface area contributed by atoms with Gasteiger partial charge in [-0.2, -0.15) is 5.26 Å². The van der Waals surface area contributed by atoms with E-state index in [0.29, 0.717) is 12.3 Å². The molecule has 2 aromatic rings. The zero-order valence-electron chi connectivity index (χ0n) is 21.0. The SMILES string of the molecule is C=C(CC(c1ccccc1)C(C#N)c1ccccc1)C1=C(C)C2CCC(C2)C1=O.CC.CC. The van der Waals surface area contributed by atoms with Crippen LogP contribution in [0.5, 0.6) is 0 Å². The van der Waals surface area contributed by atoms with Gasteiger partial charge in [-0.1, -0.05) is 101 Å². The molecule has 4 unspecified atom stereocenters. The minimum absolute atomic E-state index is 0.0382. The first-order valence-electron chi connectivity index (χ1n) is 12.5. The van der Waals surface area contributed by atoms with Gasteiger partial charge in [0.2, 0.25) is 0 Å². The van der Waals surface area contributed by atoms with Crippen LogP contribution >= 0.6 is 0 Å². The van der Waals surface area contributed by atoms with Gasteiger partial charge in [-0.3, -0.25) is 4.79 Å². The van der Waals surface area contributed by atoms with Crippen molar-refractivity contribution in [3.05, 3.63) is 95.1 Å². The second-order valence-electron chi connectivity index (χ2n) is 8.47. The van der Waals surface area contributed by atoms with Crippen LogP contribution in [0, 0.1) is 23.2 Å². The highest BCUT2D eigenvalue weighted by Gasteiger charge is 2.40. The summed E-state index contributed by atoms with van der Waals surface area (Å²) in [5, 5.41) is 10.1. The lowest BCUT2D eigenvalue weighted by Crippen LogP contribution is -2.23. The molecule has 0 spiro atoms. The van der Waals surface area contributed by atoms with Crippen LogP contribution in [0.2, 0.25) is 0 Å². The van der Waals surface area contributed by atoms with Gasteiger partial charge in [-0.15, -0.1) is 0 Å². The van der Waals surface area contributed by atoms with Crippen LogP contribution in [0.4, 0.5) is 0 Å². The monoisotopic (exact) mass is 441 g/mol. The van der Waals surface area contributed by atoms with Crippen molar-refractivity contribution in [2.75, 3.05) is 0 Å². The summed E-state index contributed by atoms with van der Waals surface area (Å²) in [5.41, 5.74) is 5.11. The molecule has 2 aromatic carbocycles. The zero-order valence-corrected chi connectivity index (χ0v) is 21.0. The summed E-state index contributed by atoms with van der Waals surface area (Å²) in [5.74, 6) is 0.656. The summed E-state index contributed by atoms with van der Waals surface area (Å²) in [6.07, 6.45) is 3.75. The maximum absolute atomic E-state index is 13.1. The number of nitriles is 1. The van der Waals surface area contributed by atoms with Crippen molar-refractivity contribution in [1.29, 1.82) is 5.26 Å². The van der Waals surface area contributed by atoms with E-state index in [0.717, 1.165) is 41.5 Å². The summed E-state index contributed by atoms with van der Waals surface area (Å²) in [7, 11) is 0. The fourth-order valence-corrected chi connectivity index (χ4v) is 5.22. The Morgan fingerprint density at radius 1 is 0.939 bits per heavy atom. The quantitative estimate of drug-likeness (QED) is 0.451. The minimum atomic E-state index is -0.285. The Bertz CT molecular complexity index is 981. The first kappa shape index (κ1) is 26.3. The minimum Gasteiger partial charge on any atom is -0.294 e. The Morgan fingerprint density at radius 3 is 2.00 bits per heavy atom. The molecule has 0 saturated heterocycles. The maximum atomic E-state index is 13.1. The van der Waals surface area contributed by atoms with Crippen molar-refractivity contribution < 1.29 is 4.79 Å². The smallest absolute Gasteiger partial charge is 0.166 e. The lowest BCUT2D eigenvalue weighted by atomic mass is 9.74. The molecule has 0 aliphatic heterocycles.